The number of carbonyl (C=O) groups excluding carboxylic acids is 1. The first kappa shape index (κ1) is 13.9. The topological polar surface area (TPSA) is 55.6 Å². The van der Waals surface area contributed by atoms with Crippen molar-refractivity contribution in [3.8, 4) is 5.75 Å². The van der Waals surface area contributed by atoms with Gasteiger partial charge < -0.3 is 15.4 Å². The molecule has 1 aliphatic heterocycles. The van der Waals surface area contributed by atoms with Crippen molar-refractivity contribution in [2.75, 3.05) is 13.7 Å². The van der Waals surface area contributed by atoms with Crippen molar-refractivity contribution in [1.82, 2.24) is 4.90 Å². The van der Waals surface area contributed by atoms with Gasteiger partial charge in [0.1, 0.15) is 5.75 Å². The van der Waals surface area contributed by atoms with Gasteiger partial charge >= 0.3 is 0 Å². The molecule has 0 aromatic heterocycles. The zero-order valence-corrected chi connectivity index (χ0v) is 11.8. The van der Waals surface area contributed by atoms with Gasteiger partial charge in [-0.15, -0.1) is 0 Å². The third-order valence-corrected chi connectivity index (χ3v) is 3.70. The van der Waals surface area contributed by atoms with Crippen LogP contribution in [0.5, 0.6) is 5.75 Å². The molecule has 1 amide bonds. The van der Waals surface area contributed by atoms with Gasteiger partial charge in [0.15, 0.2) is 0 Å². The molecule has 1 aromatic rings. The van der Waals surface area contributed by atoms with Crippen LogP contribution >= 0.6 is 0 Å². The van der Waals surface area contributed by atoms with Crippen LogP contribution in [0.3, 0.4) is 0 Å². The monoisotopic (exact) mass is 262 g/mol. The summed E-state index contributed by atoms with van der Waals surface area (Å²) in [5, 5.41) is 0. The van der Waals surface area contributed by atoms with Crippen molar-refractivity contribution >= 4 is 5.91 Å². The van der Waals surface area contributed by atoms with Crippen LogP contribution in [0.25, 0.3) is 0 Å². The van der Waals surface area contributed by atoms with E-state index in [9.17, 15) is 4.79 Å². The molecule has 2 atom stereocenters. The van der Waals surface area contributed by atoms with Crippen molar-refractivity contribution in [2.45, 2.75) is 38.8 Å². The fraction of sp³-hybridized carbons (Fsp3) is 0.533. The summed E-state index contributed by atoms with van der Waals surface area (Å²) in [6, 6.07) is 5.91. The van der Waals surface area contributed by atoms with Crippen LogP contribution in [0.4, 0.5) is 0 Å². The Kier molecular flexibility index (Phi) is 4.10. The predicted molar refractivity (Wildman–Crippen MR) is 75.1 cm³/mol. The Morgan fingerprint density at radius 1 is 1.47 bits per heavy atom. The second kappa shape index (κ2) is 5.61. The molecule has 0 spiro atoms. The average Bonchev–Trinajstić information content (AvgIpc) is 2.65. The smallest absolute Gasteiger partial charge is 0.224 e. The highest BCUT2D eigenvalue weighted by Crippen LogP contribution is 2.34. The average molecular weight is 262 g/mol. The molecule has 19 heavy (non-hydrogen) atoms. The quantitative estimate of drug-likeness (QED) is 0.903. The molecule has 2 rings (SSSR count). The van der Waals surface area contributed by atoms with Crippen molar-refractivity contribution in [2.24, 2.45) is 5.73 Å². The minimum atomic E-state index is -0.119. The normalized spacial score (nSPS) is 22.9. The van der Waals surface area contributed by atoms with E-state index in [0.717, 1.165) is 29.8 Å². The van der Waals surface area contributed by atoms with Crippen LogP contribution < -0.4 is 10.5 Å². The number of rotatable bonds is 4. The van der Waals surface area contributed by atoms with Gasteiger partial charge in [-0.1, -0.05) is 19.1 Å². The predicted octanol–water partition coefficient (Wildman–Crippen LogP) is 2.01. The van der Waals surface area contributed by atoms with Crippen LogP contribution in [0.15, 0.2) is 18.2 Å². The van der Waals surface area contributed by atoms with Crippen LogP contribution in [-0.2, 0) is 4.79 Å². The standard InChI is InChI=1S/C15H22N2O2/c1-4-7-17-14(18)9-12(16)15(17)11-5-6-13(19-3)10(2)8-11/h5-6,8,12,15H,4,7,9,16H2,1-3H3. The highest BCUT2D eigenvalue weighted by atomic mass is 16.5. The van der Waals surface area contributed by atoms with E-state index in [1.165, 1.54) is 0 Å². The number of hydrogen-bond donors (Lipinski definition) is 1. The maximum Gasteiger partial charge on any atom is 0.224 e. The number of hydrogen-bond acceptors (Lipinski definition) is 3. The molecule has 1 saturated heterocycles. The van der Waals surface area contributed by atoms with E-state index in [1.54, 1.807) is 7.11 Å². The van der Waals surface area contributed by atoms with Gasteiger partial charge in [0, 0.05) is 19.0 Å². The van der Waals surface area contributed by atoms with Crippen molar-refractivity contribution in [1.29, 1.82) is 0 Å². The van der Waals surface area contributed by atoms with Gasteiger partial charge in [0.05, 0.1) is 13.2 Å². The van der Waals surface area contributed by atoms with Gasteiger partial charge in [-0.2, -0.15) is 0 Å². The second-order valence-corrected chi connectivity index (χ2v) is 5.13. The molecule has 4 heteroatoms. The number of benzene rings is 1. The van der Waals surface area contributed by atoms with Gasteiger partial charge in [-0.25, -0.2) is 0 Å². The summed E-state index contributed by atoms with van der Waals surface area (Å²) in [6.45, 7) is 4.85. The fourth-order valence-corrected chi connectivity index (χ4v) is 2.83. The summed E-state index contributed by atoms with van der Waals surface area (Å²) < 4.78 is 5.27. The molecule has 104 valence electrons. The maximum atomic E-state index is 12.0. The molecule has 0 bridgehead atoms. The zero-order chi connectivity index (χ0) is 14.0. The lowest BCUT2D eigenvalue weighted by Gasteiger charge is -2.27. The fourth-order valence-electron chi connectivity index (χ4n) is 2.83. The van der Waals surface area contributed by atoms with Gasteiger partial charge in [-0.3, -0.25) is 4.79 Å². The lowest BCUT2D eigenvalue weighted by molar-refractivity contribution is -0.129. The Bertz CT molecular complexity index is 473. The van der Waals surface area contributed by atoms with Crippen LogP contribution in [0.2, 0.25) is 0 Å². The molecule has 1 aromatic carbocycles. The van der Waals surface area contributed by atoms with E-state index in [4.69, 9.17) is 10.5 Å². The van der Waals surface area contributed by atoms with Crippen molar-refractivity contribution in [3.05, 3.63) is 29.3 Å². The summed E-state index contributed by atoms with van der Waals surface area (Å²) in [5.74, 6) is 1.02. The Morgan fingerprint density at radius 2 is 2.21 bits per heavy atom. The SMILES string of the molecule is CCCN1C(=O)CC(N)C1c1ccc(OC)c(C)c1. The first-order valence-corrected chi connectivity index (χ1v) is 6.78. The number of likely N-dealkylation sites (tertiary alicyclic amines) is 1. The van der Waals surface area contributed by atoms with Crippen LogP contribution in [0.1, 0.15) is 36.9 Å². The Labute approximate surface area is 114 Å². The molecule has 1 aliphatic rings. The van der Waals surface area contributed by atoms with Gasteiger partial charge in [0.2, 0.25) is 5.91 Å². The summed E-state index contributed by atoms with van der Waals surface area (Å²) in [6.07, 6.45) is 1.39. The number of carbonyl (C=O) groups is 1. The number of ether oxygens (including phenoxy) is 1. The lowest BCUT2D eigenvalue weighted by Crippen LogP contribution is -2.33. The minimum absolute atomic E-state index is 0.00273. The summed E-state index contributed by atoms with van der Waals surface area (Å²) in [5.41, 5.74) is 8.32. The van der Waals surface area contributed by atoms with Crippen molar-refractivity contribution < 1.29 is 9.53 Å². The van der Waals surface area contributed by atoms with E-state index in [-0.39, 0.29) is 18.0 Å². The van der Waals surface area contributed by atoms with Crippen molar-refractivity contribution in [3.63, 3.8) is 0 Å². The summed E-state index contributed by atoms with van der Waals surface area (Å²) in [7, 11) is 1.66. The lowest BCUT2D eigenvalue weighted by atomic mass is 9.98. The molecule has 4 nitrogen and oxygen atoms in total. The van der Waals surface area contributed by atoms with Crippen LogP contribution in [0, 0.1) is 6.92 Å². The Balaban J connectivity index is 2.32. The Hall–Kier alpha value is -1.55. The van der Waals surface area contributed by atoms with Crippen LogP contribution in [-0.4, -0.2) is 30.5 Å². The second-order valence-electron chi connectivity index (χ2n) is 5.13. The highest BCUT2D eigenvalue weighted by Gasteiger charge is 2.38. The molecule has 1 fully saturated rings. The number of nitrogens with zero attached hydrogens (tertiary/aromatic N) is 1. The van der Waals surface area contributed by atoms with E-state index in [0.29, 0.717) is 6.42 Å². The summed E-state index contributed by atoms with van der Waals surface area (Å²) >= 11 is 0. The molecular weight excluding hydrogens is 240 g/mol. The molecule has 2 N–H and O–H groups in total. The molecule has 0 saturated carbocycles. The minimum Gasteiger partial charge on any atom is -0.496 e. The largest absolute Gasteiger partial charge is 0.496 e. The number of aryl methyl sites for hydroxylation is 1. The molecule has 0 aliphatic carbocycles. The molecule has 1 heterocycles. The third-order valence-electron chi connectivity index (χ3n) is 3.70. The van der Waals surface area contributed by atoms with Gasteiger partial charge in [-0.05, 0) is 30.5 Å². The number of nitrogens with two attached hydrogens (primary N) is 1. The Morgan fingerprint density at radius 3 is 2.79 bits per heavy atom. The number of amides is 1. The first-order chi connectivity index (χ1) is 9.08. The van der Waals surface area contributed by atoms with E-state index < -0.39 is 0 Å². The summed E-state index contributed by atoms with van der Waals surface area (Å²) in [4.78, 5) is 13.9. The van der Waals surface area contributed by atoms with E-state index in [2.05, 4.69) is 13.0 Å². The third kappa shape index (κ3) is 2.59. The van der Waals surface area contributed by atoms with E-state index >= 15 is 0 Å². The van der Waals surface area contributed by atoms with E-state index in [1.807, 2.05) is 24.0 Å². The molecular formula is C15H22N2O2. The molecule has 0 radical (unpaired) electrons. The molecule has 2 unspecified atom stereocenters. The number of methoxy groups -OCH3 is 1. The zero-order valence-electron chi connectivity index (χ0n) is 11.8. The first-order valence-electron chi connectivity index (χ1n) is 6.78. The highest BCUT2D eigenvalue weighted by molar-refractivity contribution is 5.80. The maximum absolute atomic E-state index is 12.0. The van der Waals surface area contributed by atoms with Gasteiger partial charge in [0.25, 0.3) is 0 Å².